The van der Waals surface area contributed by atoms with Crippen LogP contribution in [0.3, 0.4) is 0 Å². The summed E-state index contributed by atoms with van der Waals surface area (Å²) in [4.78, 5) is 9.18. The third kappa shape index (κ3) is 2.16. The van der Waals surface area contributed by atoms with Gasteiger partial charge in [0.1, 0.15) is 5.82 Å². The van der Waals surface area contributed by atoms with Crippen molar-refractivity contribution in [3.63, 3.8) is 0 Å². The Balaban J connectivity index is 2.15. The summed E-state index contributed by atoms with van der Waals surface area (Å²) in [7, 11) is 1.88. The van der Waals surface area contributed by atoms with E-state index in [0.717, 1.165) is 19.6 Å². The van der Waals surface area contributed by atoms with Crippen LogP contribution in [0.25, 0.3) is 11.6 Å². The number of hydrogen-bond donors (Lipinski definition) is 1. The van der Waals surface area contributed by atoms with Crippen LogP contribution < -0.4 is 5.32 Å². The largest absolute Gasteiger partial charge is 0.460 e. The van der Waals surface area contributed by atoms with Gasteiger partial charge in [-0.15, -0.1) is 0 Å². The smallest absolute Gasteiger partial charge is 0.199 e. The van der Waals surface area contributed by atoms with E-state index in [1.165, 1.54) is 12.8 Å². The number of hydrogen-bond acceptors (Lipinski definition) is 4. The van der Waals surface area contributed by atoms with Crippen LogP contribution in [0.5, 0.6) is 0 Å². The molecule has 1 N–H and O–H groups in total. The molecule has 0 aliphatic heterocycles. The molecule has 2 aromatic heterocycles. The van der Waals surface area contributed by atoms with Crippen molar-refractivity contribution >= 4 is 44.3 Å². The van der Waals surface area contributed by atoms with Gasteiger partial charge in [-0.3, -0.25) is 0 Å². The first-order chi connectivity index (χ1) is 8.70. The van der Waals surface area contributed by atoms with Gasteiger partial charge in [0.15, 0.2) is 11.6 Å². The molecule has 1 fully saturated rings. The van der Waals surface area contributed by atoms with Crippen molar-refractivity contribution in [3.8, 4) is 11.6 Å². The Hall–Kier alpha value is -0.630. The number of furan rings is 1. The molecule has 0 radical (unpaired) electrons. The van der Waals surface area contributed by atoms with Crippen LogP contribution in [0.2, 0.25) is 0 Å². The second-order valence-corrected chi connectivity index (χ2v) is 6.15. The van der Waals surface area contributed by atoms with E-state index in [4.69, 9.17) is 4.42 Å². The highest BCUT2D eigenvalue weighted by atomic mass is 127. The highest BCUT2D eigenvalue weighted by Gasteiger charge is 2.30. The van der Waals surface area contributed by atoms with Crippen molar-refractivity contribution in [1.82, 2.24) is 9.97 Å². The lowest BCUT2D eigenvalue weighted by atomic mass is 10.2. The first-order valence-electron chi connectivity index (χ1n) is 5.69. The van der Waals surface area contributed by atoms with Crippen molar-refractivity contribution in [2.45, 2.75) is 18.8 Å². The summed E-state index contributed by atoms with van der Waals surface area (Å²) in [6, 6.07) is 1.85. The summed E-state index contributed by atoms with van der Waals surface area (Å²) in [6.07, 6.45) is 4.07. The maximum atomic E-state index is 5.44. The average molecular weight is 420 g/mol. The first kappa shape index (κ1) is 12.4. The standard InChI is InChI=1S/C12H11BrIN3O/c1-15-11-8(14)9(6-2-3-6)16-12(17-11)10-7(13)4-5-18-10/h4-6H,2-3H2,1H3,(H,15,16,17). The van der Waals surface area contributed by atoms with E-state index >= 15 is 0 Å². The number of anilines is 1. The first-order valence-corrected chi connectivity index (χ1v) is 7.56. The quantitative estimate of drug-likeness (QED) is 0.763. The summed E-state index contributed by atoms with van der Waals surface area (Å²) in [5.41, 5.74) is 1.13. The fourth-order valence-electron chi connectivity index (χ4n) is 1.81. The van der Waals surface area contributed by atoms with Gasteiger partial charge in [0.2, 0.25) is 0 Å². The lowest BCUT2D eigenvalue weighted by Gasteiger charge is -2.09. The minimum Gasteiger partial charge on any atom is -0.460 e. The van der Waals surface area contributed by atoms with E-state index in [1.54, 1.807) is 6.26 Å². The van der Waals surface area contributed by atoms with Crippen LogP contribution in [0.4, 0.5) is 5.82 Å². The van der Waals surface area contributed by atoms with Gasteiger partial charge < -0.3 is 9.73 Å². The molecule has 18 heavy (non-hydrogen) atoms. The SMILES string of the molecule is CNc1nc(-c2occc2Br)nc(C2CC2)c1I. The summed E-state index contributed by atoms with van der Waals surface area (Å²) < 4.78 is 7.44. The summed E-state index contributed by atoms with van der Waals surface area (Å²) in [5, 5.41) is 3.12. The van der Waals surface area contributed by atoms with Crippen LogP contribution in [-0.2, 0) is 0 Å². The molecule has 2 heterocycles. The van der Waals surface area contributed by atoms with Gasteiger partial charge >= 0.3 is 0 Å². The molecule has 0 aromatic carbocycles. The van der Waals surface area contributed by atoms with Gasteiger partial charge in [0.25, 0.3) is 0 Å². The highest BCUT2D eigenvalue weighted by molar-refractivity contribution is 14.1. The molecule has 1 aliphatic rings. The predicted octanol–water partition coefficient (Wildman–Crippen LogP) is 4.02. The second-order valence-electron chi connectivity index (χ2n) is 4.22. The number of nitrogens with zero attached hydrogens (tertiary/aromatic N) is 2. The Morgan fingerprint density at radius 3 is 2.78 bits per heavy atom. The van der Waals surface area contributed by atoms with Crippen molar-refractivity contribution in [2.24, 2.45) is 0 Å². The molecule has 0 amide bonds. The molecule has 94 valence electrons. The third-order valence-corrected chi connectivity index (χ3v) is 4.59. The fraction of sp³-hybridized carbons (Fsp3) is 0.333. The number of halogens is 2. The summed E-state index contributed by atoms with van der Waals surface area (Å²) in [6.45, 7) is 0. The summed E-state index contributed by atoms with van der Waals surface area (Å²) in [5.74, 6) is 2.77. The predicted molar refractivity (Wildman–Crippen MR) is 81.7 cm³/mol. The Morgan fingerprint density at radius 1 is 1.44 bits per heavy atom. The molecule has 1 saturated carbocycles. The minimum absolute atomic E-state index is 0.583. The maximum absolute atomic E-state index is 5.44. The Morgan fingerprint density at radius 2 is 2.22 bits per heavy atom. The van der Waals surface area contributed by atoms with Crippen LogP contribution in [0.1, 0.15) is 24.5 Å². The van der Waals surface area contributed by atoms with Crippen molar-refractivity contribution in [3.05, 3.63) is 26.1 Å². The molecule has 2 aromatic rings. The zero-order chi connectivity index (χ0) is 12.7. The minimum atomic E-state index is 0.583. The van der Waals surface area contributed by atoms with Crippen LogP contribution in [-0.4, -0.2) is 17.0 Å². The fourth-order valence-corrected chi connectivity index (χ4v) is 3.14. The number of nitrogens with one attached hydrogen (secondary N) is 1. The zero-order valence-corrected chi connectivity index (χ0v) is 13.4. The van der Waals surface area contributed by atoms with Crippen LogP contribution >= 0.6 is 38.5 Å². The Labute approximate surface area is 127 Å². The Kier molecular flexibility index (Phi) is 3.31. The third-order valence-electron chi connectivity index (χ3n) is 2.90. The molecule has 0 unspecified atom stereocenters. The van der Waals surface area contributed by atoms with Crippen LogP contribution in [0, 0.1) is 3.57 Å². The molecule has 0 bridgehead atoms. The molecule has 6 heteroatoms. The van der Waals surface area contributed by atoms with Crippen molar-refractivity contribution in [1.29, 1.82) is 0 Å². The maximum Gasteiger partial charge on any atom is 0.199 e. The average Bonchev–Trinajstić information content (AvgIpc) is 3.12. The molecular formula is C12H11BrIN3O. The van der Waals surface area contributed by atoms with Gasteiger partial charge in [-0.1, -0.05) is 0 Å². The number of aromatic nitrogens is 2. The zero-order valence-electron chi connectivity index (χ0n) is 9.70. The topological polar surface area (TPSA) is 51.0 Å². The number of rotatable bonds is 3. The van der Waals surface area contributed by atoms with E-state index in [0.29, 0.717) is 17.5 Å². The molecule has 1 aliphatic carbocycles. The highest BCUT2D eigenvalue weighted by Crippen LogP contribution is 2.43. The van der Waals surface area contributed by atoms with Gasteiger partial charge in [0.05, 0.1) is 20.0 Å². The molecule has 4 nitrogen and oxygen atoms in total. The molecule has 0 atom stereocenters. The van der Waals surface area contributed by atoms with Gasteiger partial charge in [0, 0.05) is 13.0 Å². The van der Waals surface area contributed by atoms with Crippen molar-refractivity contribution < 1.29 is 4.42 Å². The molecule has 0 spiro atoms. The molecule has 0 saturated heterocycles. The normalized spacial score (nSPS) is 14.8. The van der Waals surface area contributed by atoms with E-state index in [2.05, 4.69) is 53.8 Å². The van der Waals surface area contributed by atoms with Gasteiger partial charge in [-0.2, -0.15) is 0 Å². The lowest BCUT2D eigenvalue weighted by molar-refractivity contribution is 0.575. The molecular weight excluding hydrogens is 409 g/mol. The second kappa shape index (κ2) is 4.80. The van der Waals surface area contributed by atoms with E-state index in [1.807, 2.05) is 13.1 Å². The lowest BCUT2D eigenvalue weighted by Crippen LogP contribution is -2.04. The van der Waals surface area contributed by atoms with Crippen LogP contribution in [0.15, 0.2) is 21.2 Å². The van der Waals surface area contributed by atoms with E-state index in [-0.39, 0.29) is 0 Å². The Bertz CT molecular complexity index is 595. The molecule has 3 rings (SSSR count). The van der Waals surface area contributed by atoms with E-state index in [9.17, 15) is 0 Å². The monoisotopic (exact) mass is 419 g/mol. The van der Waals surface area contributed by atoms with Gasteiger partial charge in [-0.25, -0.2) is 9.97 Å². The van der Waals surface area contributed by atoms with Gasteiger partial charge in [-0.05, 0) is 57.4 Å². The summed E-state index contributed by atoms with van der Waals surface area (Å²) >= 11 is 5.76. The van der Waals surface area contributed by atoms with E-state index < -0.39 is 0 Å². The van der Waals surface area contributed by atoms with Crippen molar-refractivity contribution in [2.75, 3.05) is 12.4 Å².